The van der Waals surface area contributed by atoms with Gasteiger partial charge in [-0.15, -0.1) is 11.8 Å². The average Bonchev–Trinajstić information content (AvgIpc) is 2.99. The molecule has 188 valence electrons. The highest BCUT2D eigenvalue weighted by molar-refractivity contribution is 7.98. The molecule has 0 fully saturated rings. The number of thioether (sulfide) groups is 1. The molecular weight excluding hydrogens is 487 g/mol. The topological polar surface area (TPSA) is 62.2 Å². The van der Waals surface area contributed by atoms with Crippen LogP contribution in [0.4, 0.5) is 10.1 Å². The second-order valence-corrected chi connectivity index (χ2v) is 9.94. The van der Waals surface area contributed by atoms with Crippen molar-refractivity contribution in [1.82, 2.24) is 4.31 Å². The summed E-state index contributed by atoms with van der Waals surface area (Å²) in [6.45, 7) is 6.00. The Kier molecular flexibility index (Phi) is 10.1. The largest absolute Gasteiger partial charge is 0.476 e. The van der Waals surface area contributed by atoms with Crippen LogP contribution in [0.25, 0.3) is 0 Å². The van der Waals surface area contributed by atoms with Crippen LogP contribution in [0.3, 0.4) is 0 Å². The van der Waals surface area contributed by atoms with E-state index >= 15 is 0 Å². The van der Waals surface area contributed by atoms with E-state index in [0.29, 0.717) is 25.2 Å². The zero-order valence-corrected chi connectivity index (χ0v) is 22.0. The van der Waals surface area contributed by atoms with E-state index in [-0.39, 0.29) is 6.04 Å². The van der Waals surface area contributed by atoms with Gasteiger partial charge in [0.25, 0.3) is 0 Å². The van der Waals surface area contributed by atoms with E-state index in [4.69, 9.17) is 14.6 Å². The standard InChI is InChI=1S/C26H31FN2O4S2/c1-5-19(6-2)29-14-20(16-32-15-18-10-8-7-9-11-18)28(3)35-24-13-23(25(34-4)12-22(24)29)33-17-21(27)26(30)31/h5,7-13,17,20H,6,14-16H2,1-4H3,(H,30,31)/b19-5+,21-17-. The monoisotopic (exact) mass is 518 g/mol. The first kappa shape index (κ1) is 27.1. The van der Waals surface area contributed by atoms with Gasteiger partial charge < -0.3 is 19.5 Å². The maximum atomic E-state index is 13.6. The molecule has 1 aliphatic rings. The van der Waals surface area contributed by atoms with E-state index in [1.807, 2.05) is 50.6 Å². The summed E-state index contributed by atoms with van der Waals surface area (Å²) in [5.41, 5.74) is 3.35. The van der Waals surface area contributed by atoms with Gasteiger partial charge in [-0.3, -0.25) is 0 Å². The third-order valence-electron chi connectivity index (χ3n) is 5.64. The summed E-state index contributed by atoms with van der Waals surface area (Å²) in [4.78, 5) is 14.9. The van der Waals surface area contributed by atoms with Crippen molar-refractivity contribution in [3.05, 3.63) is 71.9 Å². The number of aliphatic carboxylic acids is 1. The second kappa shape index (κ2) is 13.0. The molecule has 2 aromatic carbocycles. The van der Waals surface area contributed by atoms with Crippen molar-refractivity contribution in [2.24, 2.45) is 0 Å². The van der Waals surface area contributed by atoms with Gasteiger partial charge in [0.05, 0.1) is 34.7 Å². The number of nitrogens with zero attached hydrogens (tertiary/aromatic N) is 2. The van der Waals surface area contributed by atoms with Gasteiger partial charge in [0.2, 0.25) is 5.83 Å². The maximum Gasteiger partial charge on any atom is 0.368 e. The number of carboxylic acids is 1. The average molecular weight is 519 g/mol. The lowest BCUT2D eigenvalue weighted by atomic mass is 10.1. The van der Waals surface area contributed by atoms with Crippen molar-refractivity contribution in [2.45, 2.75) is 42.7 Å². The summed E-state index contributed by atoms with van der Waals surface area (Å²) < 4.78 is 27.3. The molecule has 1 unspecified atom stereocenters. The Morgan fingerprint density at radius 2 is 2.06 bits per heavy atom. The molecule has 1 aliphatic heterocycles. The molecule has 35 heavy (non-hydrogen) atoms. The van der Waals surface area contributed by atoms with Crippen LogP contribution in [-0.2, 0) is 16.1 Å². The number of allylic oxidation sites excluding steroid dienone is 2. The molecule has 0 bridgehead atoms. The Morgan fingerprint density at radius 3 is 2.69 bits per heavy atom. The summed E-state index contributed by atoms with van der Waals surface area (Å²) in [7, 11) is 2.03. The number of hydrogen-bond donors (Lipinski definition) is 1. The number of hydrogen-bond acceptors (Lipinski definition) is 7. The number of carboxylic acid groups (broad SMARTS) is 1. The van der Waals surface area contributed by atoms with Gasteiger partial charge in [0.15, 0.2) is 0 Å². The summed E-state index contributed by atoms with van der Waals surface area (Å²) in [5, 5.41) is 8.81. The van der Waals surface area contributed by atoms with Crippen LogP contribution in [0.5, 0.6) is 5.75 Å². The van der Waals surface area contributed by atoms with E-state index in [0.717, 1.165) is 34.0 Å². The Balaban J connectivity index is 1.91. The summed E-state index contributed by atoms with van der Waals surface area (Å²) in [5.74, 6) is -2.60. The predicted molar refractivity (Wildman–Crippen MR) is 141 cm³/mol. The lowest BCUT2D eigenvalue weighted by Crippen LogP contribution is -2.40. The van der Waals surface area contributed by atoms with E-state index in [2.05, 4.69) is 34.3 Å². The Labute approximate surface area is 214 Å². The highest BCUT2D eigenvalue weighted by atomic mass is 32.2. The van der Waals surface area contributed by atoms with Gasteiger partial charge in [-0.2, -0.15) is 4.39 Å². The highest BCUT2D eigenvalue weighted by Gasteiger charge is 2.29. The van der Waals surface area contributed by atoms with Gasteiger partial charge >= 0.3 is 5.97 Å². The fraction of sp³-hybridized carbons (Fsp3) is 0.346. The lowest BCUT2D eigenvalue weighted by Gasteiger charge is -2.31. The third kappa shape index (κ3) is 7.04. The minimum absolute atomic E-state index is 0.101. The van der Waals surface area contributed by atoms with Crippen LogP contribution in [0.1, 0.15) is 25.8 Å². The van der Waals surface area contributed by atoms with Crippen molar-refractivity contribution in [2.75, 3.05) is 31.4 Å². The molecule has 1 N–H and O–H groups in total. The normalized spacial score (nSPS) is 17.2. The number of rotatable bonds is 10. The molecule has 0 aliphatic carbocycles. The molecule has 2 aromatic rings. The SMILES string of the molecule is C/C=C(\CC)N1CC(COCc2ccccc2)N(C)Sc2cc(O/C=C(\F)C(=O)O)c(SC)cc21. The number of halogens is 1. The van der Waals surface area contributed by atoms with Crippen molar-refractivity contribution in [1.29, 1.82) is 0 Å². The summed E-state index contributed by atoms with van der Waals surface area (Å²) >= 11 is 3.03. The van der Waals surface area contributed by atoms with Gasteiger partial charge in [0, 0.05) is 12.2 Å². The maximum absolute atomic E-state index is 13.6. The molecule has 0 saturated heterocycles. The number of carbonyl (C=O) groups is 1. The Morgan fingerprint density at radius 1 is 1.31 bits per heavy atom. The molecule has 3 rings (SSSR count). The molecule has 0 amide bonds. The van der Waals surface area contributed by atoms with Crippen molar-refractivity contribution in [3.8, 4) is 5.75 Å². The quantitative estimate of drug-likeness (QED) is 0.169. The zero-order valence-electron chi connectivity index (χ0n) is 20.4. The van der Waals surface area contributed by atoms with Gasteiger partial charge in [0.1, 0.15) is 12.0 Å². The van der Waals surface area contributed by atoms with E-state index < -0.39 is 11.8 Å². The Bertz CT molecular complexity index is 1080. The molecule has 6 nitrogen and oxygen atoms in total. The fourth-order valence-corrected chi connectivity index (χ4v) is 5.30. The molecule has 1 heterocycles. The molecule has 9 heteroatoms. The van der Waals surface area contributed by atoms with Crippen LogP contribution in [0.2, 0.25) is 0 Å². The van der Waals surface area contributed by atoms with E-state index in [1.54, 1.807) is 11.9 Å². The first-order chi connectivity index (χ1) is 16.9. The van der Waals surface area contributed by atoms with Gasteiger partial charge in [-0.1, -0.05) is 43.3 Å². The molecule has 1 atom stereocenters. The molecular formula is C26H31FN2O4S2. The minimum atomic E-state index is -1.66. The summed E-state index contributed by atoms with van der Waals surface area (Å²) in [6, 6.07) is 14.1. The van der Waals surface area contributed by atoms with E-state index in [1.165, 1.54) is 17.5 Å². The number of anilines is 1. The van der Waals surface area contributed by atoms with Gasteiger partial charge in [-0.05, 0) is 56.3 Å². The minimum Gasteiger partial charge on any atom is -0.476 e. The number of likely N-dealkylation sites (N-methyl/N-ethyl adjacent to an activating group) is 1. The molecule has 0 spiro atoms. The highest BCUT2D eigenvalue weighted by Crippen LogP contribution is 2.44. The smallest absolute Gasteiger partial charge is 0.368 e. The van der Waals surface area contributed by atoms with Crippen molar-refractivity contribution in [3.63, 3.8) is 0 Å². The predicted octanol–water partition coefficient (Wildman–Crippen LogP) is 6.34. The number of benzene rings is 2. The Hall–Kier alpha value is -2.46. The summed E-state index contributed by atoms with van der Waals surface area (Å²) in [6.07, 6.45) is 5.52. The number of ether oxygens (including phenoxy) is 2. The molecule has 0 saturated carbocycles. The van der Waals surface area contributed by atoms with Gasteiger partial charge in [-0.25, -0.2) is 9.10 Å². The van der Waals surface area contributed by atoms with Crippen LogP contribution in [0.15, 0.2) is 76.1 Å². The third-order valence-corrected chi connectivity index (χ3v) is 7.51. The van der Waals surface area contributed by atoms with Crippen LogP contribution in [-0.4, -0.2) is 47.9 Å². The van der Waals surface area contributed by atoms with Crippen LogP contribution >= 0.6 is 23.7 Å². The molecule has 0 radical (unpaired) electrons. The fourth-order valence-electron chi connectivity index (χ4n) is 3.75. The van der Waals surface area contributed by atoms with Crippen LogP contribution in [0, 0.1) is 0 Å². The first-order valence-corrected chi connectivity index (χ1v) is 13.3. The lowest BCUT2D eigenvalue weighted by molar-refractivity contribution is -0.134. The second-order valence-electron chi connectivity index (χ2n) is 7.90. The number of fused-ring (bicyclic) bond motifs is 1. The van der Waals surface area contributed by atoms with Crippen molar-refractivity contribution < 1.29 is 23.8 Å². The molecule has 0 aromatic heterocycles. The van der Waals surface area contributed by atoms with Crippen molar-refractivity contribution >= 4 is 35.4 Å². The zero-order chi connectivity index (χ0) is 25.4. The van der Waals surface area contributed by atoms with Crippen LogP contribution < -0.4 is 9.64 Å². The van der Waals surface area contributed by atoms with E-state index in [9.17, 15) is 9.18 Å². The first-order valence-electron chi connectivity index (χ1n) is 11.3.